The molecule has 3 aromatic carbocycles. The maximum Gasteiger partial charge on any atom is 0.131 e. The maximum atomic E-state index is 10.5. The summed E-state index contributed by atoms with van der Waals surface area (Å²) in [6.45, 7) is 0. The Morgan fingerprint density at radius 3 is 2.53 bits per heavy atom. The van der Waals surface area contributed by atoms with E-state index >= 15 is 0 Å². The van der Waals surface area contributed by atoms with Crippen LogP contribution in [0.25, 0.3) is 27.6 Å². The second-order valence-electron chi connectivity index (χ2n) is 4.54. The van der Waals surface area contributed by atoms with Gasteiger partial charge in [-0.2, -0.15) is 5.11 Å². The number of nitrogens with zero attached hydrogens (tertiary/aromatic N) is 2. The van der Waals surface area contributed by atoms with Gasteiger partial charge in [0, 0.05) is 21.5 Å². The molecule has 0 amide bonds. The molecule has 1 aliphatic heterocycles. The molecule has 90 valence electrons. The highest BCUT2D eigenvalue weighted by Gasteiger charge is 2.15. The smallest absolute Gasteiger partial charge is 0.131 e. The average molecular weight is 246 g/mol. The van der Waals surface area contributed by atoms with Crippen molar-refractivity contribution in [2.75, 3.05) is 0 Å². The molecule has 0 aliphatic carbocycles. The third-order valence-corrected chi connectivity index (χ3v) is 3.50. The summed E-state index contributed by atoms with van der Waals surface area (Å²) in [5.74, 6) is 0.307. The summed E-state index contributed by atoms with van der Waals surface area (Å²) >= 11 is 0. The molecular weight excluding hydrogens is 236 g/mol. The van der Waals surface area contributed by atoms with Crippen molar-refractivity contribution in [3.63, 3.8) is 0 Å². The van der Waals surface area contributed by atoms with E-state index in [9.17, 15) is 5.11 Å². The summed E-state index contributed by atoms with van der Waals surface area (Å²) in [6, 6.07) is 13.6. The van der Waals surface area contributed by atoms with Gasteiger partial charge in [0.1, 0.15) is 11.4 Å². The highest BCUT2D eigenvalue weighted by molar-refractivity contribution is 6.16. The molecule has 0 fully saturated rings. The van der Waals surface area contributed by atoms with Crippen molar-refractivity contribution >= 4 is 33.3 Å². The number of rotatable bonds is 0. The van der Waals surface area contributed by atoms with E-state index in [0.29, 0.717) is 5.75 Å². The molecule has 0 spiro atoms. The molecule has 0 aromatic heterocycles. The van der Waals surface area contributed by atoms with Crippen molar-refractivity contribution in [2.45, 2.75) is 0 Å². The van der Waals surface area contributed by atoms with Crippen molar-refractivity contribution in [1.29, 1.82) is 0 Å². The molecule has 0 bridgehead atoms. The summed E-state index contributed by atoms with van der Waals surface area (Å²) < 4.78 is 0. The van der Waals surface area contributed by atoms with Crippen molar-refractivity contribution in [3.8, 4) is 5.75 Å². The first-order valence-corrected chi connectivity index (χ1v) is 6.10. The van der Waals surface area contributed by atoms with Gasteiger partial charge in [-0.15, -0.1) is 5.11 Å². The van der Waals surface area contributed by atoms with Gasteiger partial charge in [-0.3, -0.25) is 0 Å². The van der Waals surface area contributed by atoms with Crippen molar-refractivity contribution < 1.29 is 5.11 Å². The molecule has 0 unspecified atom stereocenters. The molecule has 0 radical (unpaired) electrons. The molecule has 19 heavy (non-hydrogen) atoms. The van der Waals surface area contributed by atoms with Gasteiger partial charge in [0.05, 0.1) is 6.20 Å². The summed E-state index contributed by atoms with van der Waals surface area (Å²) in [5, 5.41) is 22.3. The van der Waals surface area contributed by atoms with Crippen molar-refractivity contribution in [3.05, 3.63) is 54.2 Å². The summed E-state index contributed by atoms with van der Waals surface area (Å²) in [6.07, 6.45) is 3.59. The Labute approximate surface area is 109 Å². The van der Waals surface area contributed by atoms with Gasteiger partial charge in [0.25, 0.3) is 0 Å². The summed E-state index contributed by atoms with van der Waals surface area (Å²) in [4.78, 5) is 0. The van der Waals surface area contributed by atoms with Crippen LogP contribution >= 0.6 is 0 Å². The van der Waals surface area contributed by atoms with Crippen molar-refractivity contribution in [2.24, 2.45) is 10.2 Å². The molecule has 3 nitrogen and oxygen atoms in total. The summed E-state index contributed by atoms with van der Waals surface area (Å²) in [5.41, 5.74) is 1.85. The maximum absolute atomic E-state index is 10.5. The fraction of sp³-hybridized carbons (Fsp3) is 0. The van der Waals surface area contributed by atoms with Crippen LogP contribution in [0.5, 0.6) is 5.75 Å². The van der Waals surface area contributed by atoms with E-state index in [-0.39, 0.29) is 0 Å². The Kier molecular flexibility index (Phi) is 1.97. The monoisotopic (exact) mass is 246 g/mol. The highest BCUT2D eigenvalue weighted by atomic mass is 16.3. The van der Waals surface area contributed by atoms with E-state index in [0.717, 1.165) is 32.8 Å². The SMILES string of the molecule is Oc1c2ccccc2c2c3c(cccc13)C=CN=N2. The molecule has 0 atom stereocenters. The van der Waals surface area contributed by atoms with Crippen LogP contribution in [0.2, 0.25) is 0 Å². The second kappa shape index (κ2) is 3.65. The molecule has 4 rings (SSSR count). The van der Waals surface area contributed by atoms with Gasteiger partial charge >= 0.3 is 0 Å². The van der Waals surface area contributed by atoms with Gasteiger partial charge in [-0.25, -0.2) is 0 Å². The van der Waals surface area contributed by atoms with Crippen LogP contribution in [0, 0.1) is 0 Å². The van der Waals surface area contributed by atoms with Crippen molar-refractivity contribution in [1.82, 2.24) is 0 Å². The zero-order valence-electron chi connectivity index (χ0n) is 10.0. The van der Waals surface area contributed by atoms with Crippen LogP contribution in [0.15, 0.2) is 58.9 Å². The lowest BCUT2D eigenvalue weighted by Crippen LogP contribution is -1.83. The van der Waals surface area contributed by atoms with Gasteiger partial charge < -0.3 is 5.11 Å². The van der Waals surface area contributed by atoms with Crippen LogP contribution in [0.3, 0.4) is 0 Å². The zero-order chi connectivity index (χ0) is 12.8. The molecule has 0 saturated carbocycles. The lowest BCUT2D eigenvalue weighted by Gasteiger charge is -2.11. The minimum absolute atomic E-state index is 0.307. The number of phenols is 1. The van der Waals surface area contributed by atoms with Crippen LogP contribution in [-0.2, 0) is 0 Å². The van der Waals surface area contributed by atoms with Crippen LogP contribution in [0.1, 0.15) is 5.56 Å². The van der Waals surface area contributed by atoms with Gasteiger partial charge in [-0.05, 0) is 11.6 Å². The number of phenolic OH excluding ortho intramolecular Hbond substituents is 1. The molecule has 3 aromatic rings. The Morgan fingerprint density at radius 1 is 0.842 bits per heavy atom. The van der Waals surface area contributed by atoms with Gasteiger partial charge in [0.15, 0.2) is 0 Å². The van der Waals surface area contributed by atoms with Gasteiger partial charge in [0.2, 0.25) is 0 Å². The average Bonchev–Trinajstić information content (AvgIpc) is 2.68. The zero-order valence-corrected chi connectivity index (χ0v) is 10.0. The lowest BCUT2D eigenvalue weighted by molar-refractivity contribution is 0.488. The highest BCUT2D eigenvalue weighted by Crippen LogP contribution is 2.44. The Morgan fingerprint density at radius 2 is 1.63 bits per heavy atom. The minimum atomic E-state index is 0.307. The Bertz CT molecular complexity index is 879. The lowest BCUT2D eigenvalue weighted by atomic mass is 9.96. The normalized spacial score (nSPS) is 13.1. The molecule has 1 heterocycles. The fourth-order valence-electron chi connectivity index (χ4n) is 2.66. The van der Waals surface area contributed by atoms with E-state index in [1.807, 2.05) is 48.5 Å². The number of hydrogen-bond acceptors (Lipinski definition) is 3. The number of azo groups is 1. The first-order valence-electron chi connectivity index (χ1n) is 6.10. The largest absolute Gasteiger partial charge is 0.507 e. The first-order chi connectivity index (χ1) is 9.36. The predicted molar refractivity (Wildman–Crippen MR) is 76.7 cm³/mol. The van der Waals surface area contributed by atoms with E-state index in [2.05, 4.69) is 10.2 Å². The molecule has 3 heteroatoms. The topological polar surface area (TPSA) is 45.0 Å². The quantitative estimate of drug-likeness (QED) is 0.571. The third-order valence-electron chi connectivity index (χ3n) is 3.50. The van der Waals surface area contributed by atoms with E-state index < -0.39 is 0 Å². The molecule has 1 N–H and O–H groups in total. The Hall–Kier alpha value is -2.68. The first kappa shape index (κ1) is 10.3. The molecular formula is C16H10N2O. The van der Waals surface area contributed by atoms with Gasteiger partial charge in [-0.1, -0.05) is 42.5 Å². The molecule has 1 aliphatic rings. The van der Waals surface area contributed by atoms with E-state index in [1.54, 1.807) is 6.20 Å². The number of fused-ring (bicyclic) bond motifs is 2. The third kappa shape index (κ3) is 1.32. The number of benzene rings is 3. The Balaban J connectivity index is 2.39. The number of aromatic hydroxyl groups is 1. The fourth-order valence-corrected chi connectivity index (χ4v) is 2.66. The second-order valence-corrected chi connectivity index (χ2v) is 4.54. The van der Waals surface area contributed by atoms with Crippen LogP contribution in [-0.4, -0.2) is 5.11 Å². The minimum Gasteiger partial charge on any atom is -0.507 e. The van der Waals surface area contributed by atoms with Crippen LogP contribution in [0.4, 0.5) is 5.69 Å². The van der Waals surface area contributed by atoms with E-state index in [1.165, 1.54) is 0 Å². The van der Waals surface area contributed by atoms with Crippen LogP contribution < -0.4 is 0 Å². The van der Waals surface area contributed by atoms with E-state index in [4.69, 9.17) is 0 Å². The molecule has 0 saturated heterocycles. The summed E-state index contributed by atoms with van der Waals surface area (Å²) in [7, 11) is 0. The predicted octanol–water partition coefficient (Wildman–Crippen LogP) is 4.77. The standard InChI is InChI=1S/C16H10N2O/c19-16-12-6-2-1-5-11(12)15-14-10(8-9-17-18-15)4-3-7-13(14)16/h1-9,19H. The number of hydrogen-bond donors (Lipinski definition) is 1.